The molecule has 7 nitrogen and oxygen atoms in total. The van der Waals surface area contributed by atoms with Crippen LogP contribution in [-0.4, -0.2) is 28.9 Å². The van der Waals surface area contributed by atoms with Gasteiger partial charge >= 0.3 is 5.69 Å². The largest absolute Gasteiger partial charge is 0.364 e. The monoisotopic (exact) mass is 238 g/mol. The van der Waals surface area contributed by atoms with E-state index in [1.807, 2.05) is 0 Å². The first-order valence-corrected chi connectivity index (χ1v) is 5.19. The standard InChI is InChI=1S/C10H14N4O3/c1-8(15)11-6-3-7-13-10-9(14(16)17)4-2-5-12-10/h2,4-5H,3,6-7H2,1H3,(H,11,15)(H,12,13). The van der Waals surface area contributed by atoms with Crippen LogP contribution in [0.25, 0.3) is 0 Å². The van der Waals surface area contributed by atoms with Crippen molar-refractivity contribution in [3.63, 3.8) is 0 Å². The number of aromatic nitrogens is 1. The van der Waals surface area contributed by atoms with Crippen LogP contribution in [0.15, 0.2) is 18.3 Å². The number of carbonyl (C=O) groups excluding carboxylic acids is 1. The van der Waals surface area contributed by atoms with Crippen LogP contribution in [0.3, 0.4) is 0 Å². The first-order valence-electron chi connectivity index (χ1n) is 5.19. The fourth-order valence-corrected chi connectivity index (χ4v) is 1.24. The Kier molecular flexibility index (Phi) is 4.86. The maximum absolute atomic E-state index is 10.7. The first kappa shape index (κ1) is 12.9. The number of hydrogen-bond donors (Lipinski definition) is 2. The third kappa shape index (κ3) is 4.45. The summed E-state index contributed by atoms with van der Waals surface area (Å²) in [5.74, 6) is 0.161. The molecule has 2 N–H and O–H groups in total. The topological polar surface area (TPSA) is 97.2 Å². The molecule has 1 aromatic rings. The van der Waals surface area contributed by atoms with E-state index in [1.54, 1.807) is 0 Å². The van der Waals surface area contributed by atoms with Crippen LogP contribution in [-0.2, 0) is 4.79 Å². The highest BCUT2D eigenvalue weighted by atomic mass is 16.6. The lowest BCUT2D eigenvalue weighted by Crippen LogP contribution is -2.22. The van der Waals surface area contributed by atoms with Crippen molar-refractivity contribution in [3.05, 3.63) is 28.4 Å². The van der Waals surface area contributed by atoms with Crippen molar-refractivity contribution in [2.45, 2.75) is 13.3 Å². The molecule has 1 aromatic heterocycles. The molecule has 0 saturated carbocycles. The van der Waals surface area contributed by atoms with Gasteiger partial charge in [0.25, 0.3) is 0 Å². The van der Waals surface area contributed by atoms with Crippen LogP contribution in [0, 0.1) is 10.1 Å². The predicted octanol–water partition coefficient (Wildman–Crippen LogP) is 0.928. The summed E-state index contributed by atoms with van der Waals surface area (Å²) in [7, 11) is 0. The van der Waals surface area contributed by atoms with Crippen molar-refractivity contribution in [3.8, 4) is 0 Å². The van der Waals surface area contributed by atoms with Crippen LogP contribution >= 0.6 is 0 Å². The summed E-state index contributed by atoms with van der Waals surface area (Å²) in [5, 5.41) is 16.2. The zero-order chi connectivity index (χ0) is 12.7. The number of nitro groups is 1. The van der Waals surface area contributed by atoms with E-state index in [0.29, 0.717) is 19.5 Å². The van der Waals surface area contributed by atoms with Gasteiger partial charge in [-0.25, -0.2) is 4.98 Å². The molecule has 0 fully saturated rings. The minimum Gasteiger partial charge on any atom is -0.364 e. The van der Waals surface area contributed by atoms with Crippen molar-refractivity contribution >= 4 is 17.4 Å². The number of nitrogens with zero attached hydrogens (tertiary/aromatic N) is 2. The highest BCUT2D eigenvalue weighted by molar-refractivity contribution is 5.72. The summed E-state index contributed by atoms with van der Waals surface area (Å²) in [6.45, 7) is 2.48. The van der Waals surface area contributed by atoms with Crippen LogP contribution in [0.5, 0.6) is 0 Å². The molecule has 0 aliphatic carbocycles. The van der Waals surface area contributed by atoms with Gasteiger partial charge in [-0.15, -0.1) is 0 Å². The Hall–Kier alpha value is -2.18. The van der Waals surface area contributed by atoms with Crippen LogP contribution in [0.4, 0.5) is 11.5 Å². The third-order valence-corrected chi connectivity index (χ3v) is 2.00. The number of nitrogens with one attached hydrogen (secondary N) is 2. The number of rotatable bonds is 6. The Labute approximate surface area is 98.4 Å². The lowest BCUT2D eigenvalue weighted by Gasteiger charge is -2.05. The molecule has 92 valence electrons. The van der Waals surface area contributed by atoms with Gasteiger partial charge in [-0.1, -0.05) is 0 Å². The molecule has 17 heavy (non-hydrogen) atoms. The minimum absolute atomic E-state index is 0.0490. The summed E-state index contributed by atoms with van der Waals surface area (Å²) >= 11 is 0. The molecule has 0 spiro atoms. The van der Waals surface area contributed by atoms with Crippen molar-refractivity contribution in [2.75, 3.05) is 18.4 Å². The molecule has 0 aromatic carbocycles. The van der Waals surface area contributed by atoms with Crippen molar-refractivity contribution in [2.24, 2.45) is 0 Å². The zero-order valence-corrected chi connectivity index (χ0v) is 9.47. The number of pyridine rings is 1. The Morgan fingerprint density at radius 2 is 2.29 bits per heavy atom. The molecular weight excluding hydrogens is 224 g/mol. The van der Waals surface area contributed by atoms with Crippen LogP contribution in [0.2, 0.25) is 0 Å². The summed E-state index contributed by atoms with van der Waals surface area (Å²) in [4.78, 5) is 24.7. The molecule has 0 atom stereocenters. The molecule has 1 amide bonds. The molecule has 7 heteroatoms. The normalized spacial score (nSPS) is 9.71. The van der Waals surface area contributed by atoms with Crippen molar-refractivity contribution in [1.82, 2.24) is 10.3 Å². The van der Waals surface area contributed by atoms with E-state index in [0.717, 1.165) is 0 Å². The fourth-order valence-electron chi connectivity index (χ4n) is 1.24. The van der Waals surface area contributed by atoms with Gasteiger partial charge in [-0.2, -0.15) is 0 Å². The maximum atomic E-state index is 10.7. The Morgan fingerprint density at radius 3 is 2.94 bits per heavy atom. The lowest BCUT2D eigenvalue weighted by molar-refractivity contribution is -0.384. The van der Waals surface area contributed by atoms with E-state index in [-0.39, 0.29) is 17.4 Å². The molecule has 0 unspecified atom stereocenters. The van der Waals surface area contributed by atoms with Crippen molar-refractivity contribution < 1.29 is 9.72 Å². The van der Waals surface area contributed by atoms with E-state index in [4.69, 9.17) is 0 Å². The number of anilines is 1. The smallest absolute Gasteiger partial charge is 0.311 e. The van der Waals surface area contributed by atoms with Gasteiger partial charge in [0.15, 0.2) is 0 Å². The lowest BCUT2D eigenvalue weighted by atomic mass is 10.3. The molecule has 0 aliphatic rings. The van der Waals surface area contributed by atoms with Gasteiger partial charge in [0.2, 0.25) is 11.7 Å². The van der Waals surface area contributed by atoms with Crippen LogP contribution < -0.4 is 10.6 Å². The maximum Gasteiger partial charge on any atom is 0.311 e. The fraction of sp³-hybridized carbons (Fsp3) is 0.400. The number of carbonyl (C=O) groups is 1. The molecule has 0 bridgehead atoms. The first-order chi connectivity index (χ1) is 8.11. The average molecular weight is 238 g/mol. The van der Waals surface area contributed by atoms with Gasteiger partial charge in [0.05, 0.1) is 4.92 Å². The van der Waals surface area contributed by atoms with Gasteiger partial charge in [-0.05, 0) is 12.5 Å². The number of hydrogen-bond acceptors (Lipinski definition) is 5. The van der Waals surface area contributed by atoms with Gasteiger partial charge in [-0.3, -0.25) is 14.9 Å². The highest BCUT2D eigenvalue weighted by Gasteiger charge is 2.12. The average Bonchev–Trinajstić information content (AvgIpc) is 2.28. The minimum atomic E-state index is -0.483. The van der Waals surface area contributed by atoms with E-state index in [9.17, 15) is 14.9 Å². The van der Waals surface area contributed by atoms with E-state index in [2.05, 4.69) is 15.6 Å². The third-order valence-electron chi connectivity index (χ3n) is 2.00. The van der Waals surface area contributed by atoms with Crippen LogP contribution in [0.1, 0.15) is 13.3 Å². The van der Waals surface area contributed by atoms with Gasteiger partial charge < -0.3 is 10.6 Å². The van der Waals surface area contributed by atoms with E-state index < -0.39 is 4.92 Å². The molecule has 0 radical (unpaired) electrons. The molecule has 1 rings (SSSR count). The Bertz CT molecular complexity index is 408. The summed E-state index contributed by atoms with van der Waals surface area (Å²) in [5.41, 5.74) is -0.0490. The number of amides is 1. The highest BCUT2D eigenvalue weighted by Crippen LogP contribution is 2.19. The summed E-state index contributed by atoms with van der Waals surface area (Å²) in [6.07, 6.45) is 2.16. The Balaban J connectivity index is 2.41. The Morgan fingerprint density at radius 1 is 1.53 bits per heavy atom. The second kappa shape index (κ2) is 6.41. The SMILES string of the molecule is CC(=O)NCCCNc1ncccc1[N+](=O)[O-]. The van der Waals surface area contributed by atoms with Crippen molar-refractivity contribution in [1.29, 1.82) is 0 Å². The summed E-state index contributed by atoms with van der Waals surface area (Å²) in [6, 6.07) is 2.91. The zero-order valence-electron chi connectivity index (χ0n) is 9.47. The predicted molar refractivity (Wildman–Crippen MR) is 62.7 cm³/mol. The second-order valence-corrected chi connectivity index (χ2v) is 3.39. The summed E-state index contributed by atoms with van der Waals surface area (Å²) < 4.78 is 0. The molecule has 1 heterocycles. The van der Waals surface area contributed by atoms with Gasteiger partial charge in [0.1, 0.15) is 0 Å². The molecular formula is C10H14N4O3. The van der Waals surface area contributed by atoms with E-state index in [1.165, 1.54) is 25.3 Å². The second-order valence-electron chi connectivity index (χ2n) is 3.39. The molecule has 0 aliphatic heterocycles. The molecule has 0 saturated heterocycles. The quantitative estimate of drug-likeness (QED) is 0.436. The van der Waals surface area contributed by atoms with Gasteiger partial charge in [0, 0.05) is 32.3 Å². The van der Waals surface area contributed by atoms with E-state index >= 15 is 0 Å².